The van der Waals surface area contributed by atoms with Crippen LogP contribution in [0.2, 0.25) is 0 Å². The summed E-state index contributed by atoms with van der Waals surface area (Å²) < 4.78 is 58.8. The first-order valence-electron chi connectivity index (χ1n) is 4.18. The van der Waals surface area contributed by atoms with Crippen molar-refractivity contribution in [1.82, 2.24) is 0 Å². The normalized spacial score (nSPS) is 21.1. The molecule has 0 bridgehead atoms. The summed E-state index contributed by atoms with van der Waals surface area (Å²) >= 11 is 5.44. The Hall–Kier alpha value is -1.01. The summed E-state index contributed by atoms with van der Waals surface area (Å²) in [6.45, 7) is 0. The Morgan fingerprint density at radius 2 is 1.88 bits per heavy atom. The van der Waals surface area contributed by atoms with E-state index in [9.17, 15) is 17.6 Å². The van der Waals surface area contributed by atoms with Crippen molar-refractivity contribution in [3.8, 4) is 5.75 Å². The zero-order chi connectivity index (χ0) is 12.0. The van der Waals surface area contributed by atoms with Gasteiger partial charge in [-0.2, -0.15) is 8.78 Å². The van der Waals surface area contributed by atoms with E-state index in [-0.39, 0.29) is 5.88 Å². The highest BCUT2D eigenvalue weighted by Gasteiger charge is 2.54. The Labute approximate surface area is 92.7 Å². The molecule has 1 aliphatic heterocycles. The highest BCUT2D eigenvalue weighted by molar-refractivity contribution is 6.17. The van der Waals surface area contributed by atoms with E-state index in [2.05, 4.69) is 9.47 Å². The Kier molecular flexibility index (Phi) is 2.51. The van der Waals surface area contributed by atoms with Crippen LogP contribution in [0.5, 0.6) is 5.75 Å². The van der Waals surface area contributed by atoms with Crippen LogP contribution in [0.3, 0.4) is 0 Å². The minimum atomic E-state index is -4.33. The van der Waals surface area contributed by atoms with Gasteiger partial charge in [-0.3, -0.25) is 0 Å². The molecule has 7 heteroatoms. The fraction of sp³-hybridized carbons (Fsp3) is 0.333. The molecule has 1 aromatic carbocycles. The van der Waals surface area contributed by atoms with Crippen molar-refractivity contribution in [2.75, 3.05) is 0 Å². The summed E-state index contributed by atoms with van der Waals surface area (Å²) in [5.74, 6) is -0.630. The molecule has 1 heterocycles. The van der Waals surface area contributed by atoms with Gasteiger partial charge in [0.2, 0.25) is 0 Å². The van der Waals surface area contributed by atoms with E-state index in [1.54, 1.807) is 0 Å². The third kappa shape index (κ3) is 1.94. The van der Waals surface area contributed by atoms with Crippen molar-refractivity contribution in [1.29, 1.82) is 0 Å². The first-order chi connectivity index (χ1) is 7.34. The Morgan fingerprint density at radius 1 is 1.19 bits per heavy atom. The predicted octanol–water partition coefficient (Wildman–Crippen LogP) is 3.43. The maximum atomic E-state index is 13.2. The van der Waals surface area contributed by atoms with Crippen molar-refractivity contribution < 1.29 is 27.0 Å². The molecule has 2 rings (SSSR count). The average molecular weight is 257 g/mol. The molecule has 0 amide bonds. The smallest absolute Gasteiger partial charge is 0.409 e. The quantitative estimate of drug-likeness (QED) is 0.566. The molecule has 0 unspecified atom stereocenters. The van der Waals surface area contributed by atoms with Gasteiger partial charge in [0.1, 0.15) is 5.75 Å². The molecule has 1 aromatic rings. The van der Waals surface area contributed by atoms with Crippen LogP contribution in [0.1, 0.15) is 11.1 Å². The standard InChI is InChI=1S/C9H5ClF4O2/c10-4-5-1-2-7-6(3-5)8(11,12)16-9(13,14)15-7/h1-3H,4H2. The number of hydrogen-bond acceptors (Lipinski definition) is 2. The number of alkyl halides is 5. The number of rotatable bonds is 1. The second-order valence-corrected chi connectivity index (χ2v) is 3.42. The lowest BCUT2D eigenvalue weighted by Gasteiger charge is -2.30. The van der Waals surface area contributed by atoms with Crippen LogP contribution < -0.4 is 4.74 Å². The van der Waals surface area contributed by atoms with Crippen LogP contribution in [0.15, 0.2) is 18.2 Å². The highest BCUT2D eigenvalue weighted by Crippen LogP contribution is 2.46. The topological polar surface area (TPSA) is 18.5 Å². The molecular weight excluding hydrogens is 252 g/mol. The molecule has 0 aliphatic carbocycles. The van der Waals surface area contributed by atoms with Crippen molar-refractivity contribution in [3.05, 3.63) is 29.3 Å². The van der Waals surface area contributed by atoms with Gasteiger partial charge in [-0.25, -0.2) is 4.74 Å². The van der Waals surface area contributed by atoms with Gasteiger partial charge in [0.15, 0.2) is 0 Å². The van der Waals surface area contributed by atoms with Gasteiger partial charge >= 0.3 is 12.4 Å². The summed E-state index contributed by atoms with van der Waals surface area (Å²) in [6.07, 6.45) is -8.43. The fourth-order valence-corrected chi connectivity index (χ4v) is 1.50. The largest absolute Gasteiger partial charge is 0.540 e. The molecule has 0 spiro atoms. The zero-order valence-corrected chi connectivity index (χ0v) is 8.40. The molecule has 0 N–H and O–H groups in total. The van der Waals surface area contributed by atoms with E-state index in [0.29, 0.717) is 5.56 Å². The minimum Gasteiger partial charge on any atom is -0.409 e. The summed E-state index contributed by atoms with van der Waals surface area (Å²) in [4.78, 5) is 0. The van der Waals surface area contributed by atoms with Gasteiger partial charge in [-0.05, 0) is 17.7 Å². The number of ether oxygens (including phenoxy) is 2. The maximum Gasteiger partial charge on any atom is 0.540 e. The molecule has 0 atom stereocenters. The van der Waals surface area contributed by atoms with Crippen LogP contribution >= 0.6 is 11.6 Å². The lowest BCUT2D eigenvalue weighted by Crippen LogP contribution is -2.41. The molecule has 0 fully saturated rings. The zero-order valence-electron chi connectivity index (χ0n) is 7.65. The van der Waals surface area contributed by atoms with Crippen LogP contribution in [0.25, 0.3) is 0 Å². The number of fused-ring (bicyclic) bond motifs is 1. The van der Waals surface area contributed by atoms with Gasteiger partial charge in [0.25, 0.3) is 0 Å². The van der Waals surface area contributed by atoms with Crippen molar-refractivity contribution in [2.45, 2.75) is 18.3 Å². The van der Waals surface area contributed by atoms with Gasteiger partial charge in [0, 0.05) is 5.88 Å². The Bertz CT molecular complexity index is 422. The Balaban J connectivity index is 2.51. The minimum absolute atomic E-state index is 0.0141. The van der Waals surface area contributed by atoms with Gasteiger partial charge in [0.05, 0.1) is 5.56 Å². The van der Waals surface area contributed by atoms with E-state index in [1.807, 2.05) is 0 Å². The third-order valence-electron chi connectivity index (χ3n) is 1.99. The summed E-state index contributed by atoms with van der Waals surface area (Å²) in [7, 11) is 0. The van der Waals surface area contributed by atoms with Gasteiger partial charge in [-0.15, -0.1) is 20.4 Å². The van der Waals surface area contributed by atoms with Crippen molar-refractivity contribution >= 4 is 11.6 Å². The molecule has 0 saturated carbocycles. The van der Waals surface area contributed by atoms with E-state index >= 15 is 0 Å². The first-order valence-corrected chi connectivity index (χ1v) is 4.72. The van der Waals surface area contributed by atoms with Crippen molar-refractivity contribution in [3.63, 3.8) is 0 Å². The lowest BCUT2D eigenvalue weighted by atomic mass is 10.1. The van der Waals surface area contributed by atoms with E-state index in [1.165, 1.54) is 6.07 Å². The molecule has 88 valence electrons. The molecule has 16 heavy (non-hydrogen) atoms. The van der Waals surface area contributed by atoms with E-state index in [0.717, 1.165) is 12.1 Å². The third-order valence-corrected chi connectivity index (χ3v) is 2.30. The van der Waals surface area contributed by atoms with Crippen LogP contribution in [-0.4, -0.2) is 6.29 Å². The number of halogens is 5. The molecular formula is C9H5ClF4O2. The second-order valence-electron chi connectivity index (χ2n) is 3.15. The van der Waals surface area contributed by atoms with Crippen LogP contribution in [-0.2, 0) is 16.7 Å². The van der Waals surface area contributed by atoms with Crippen molar-refractivity contribution in [2.24, 2.45) is 0 Å². The average Bonchev–Trinajstić information content (AvgIpc) is 2.14. The molecule has 0 saturated heterocycles. The summed E-state index contributed by atoms with van der Waals surface area (Å²) in [5.41, 5.74) is -0.394. The van der Waals surface area contributed by atoms with Crippen LogP contribution in [0, 0.1) is 0 Å². The molecule has 2 nitrogen and oxygen atoms in total. The summed E-state index contributed by atoms with van der Waals surface area (Å²) in [6, 6.07) is 3.30. The number of benzene rings is 1. The first kappa shape index (κ1) is 11.5. The Morgan fingerprint density at radius 3 is 2.50 bits per heavy atom. The number of hydrogen-bond donors (Lipinski definition) is 0. The SMILES string of the molecule is FC1(F)Oc2ccc(CCl)cc2C(F)(F)O1. The lowest BCUT2D eigenvalue weighted by molar-refractivity contribution is -0.461. The fourth-order valence-electron chi connectivity index (χ4n) is 1.33. The molecule has 1 aliphatic rings. The van der Waals surface area contributed by atoms with Gasteiger partial charge < -0.3 is 4.74 Å². The van der Waals surface area contributed by atoms with E-state index in [4.69, 9.17) is 11.6 Å². The monoisotopic (exact) mass is 256 g/mol. The highest BCUT2D eigenvalue weighted by atomic mass is 35.5. The van der Waals surface area contributed by atoms with Gasteiger partial charge in [-0.1, -0.05) is 6.07 Å². The maximum absolute atomic E-state index is 13.2. The molecule has 0 radical (unpaired) electrons. The second kappa shape index (κ2) is 3.49. The summed E-state index contributed by atoms with van der Waals surface area (Å²) in [5, 5.41) is 0. The van der Waals surface area contributed by atoms with E-state index < -0.39 is 23.7 Å². The molecule has 0 aromatic heterocycles. The van der Waals surface area contributed by atoms with Crippen LogP contribution in [0.4, 0.5) is 17.6 Å². The predicted molar refractivity (Wildman–Crippen MR) is 46.6 cm³/mol.